The van der Waals surface area contributed by atoms with E-state index >= 15 is 0 Å². The molecule has 0 aliphatic heterocycles. The van der Waals surface area contributed by atoms with E-state index in [1.165, 1.54) is 0 Å². The summed E-state index contributed by atoms with van der Waals surface area (Å²) < 4.78 is 2.07. The molecule has 3 nitrogen and oxygen atoms in total. The summed E-state index contributed by atoms with van der Waals surface area (Å²) in [5.41, 5.74) is 0. The van der Waals surface area contributed by atoms with E-state index in [1.807, 2.05) is 0 Å². The van der Waals surface area contributed by atoms with Crippen molar-refractivity contribution >= 4 is 29.4 Å². The van der Waals surface area contributed by atoms with Gasteiger partial charge in [0.15, 0.2) is 0 Å². The first-order valence-electron chi connectivity index (χ1n) is 0.966. The van der Waals surface area contributed by atoms with Gasteiger partial charge in [0.25, 0.3) is 0 Å². The monoisotopic (exact) mass is 183 g/mol. The molecule has 0 radical (unpaired) electrons. The number of carbonyl (C=O) groups is 1. The molecule has 0 aromatic heterocycles. The second-order valence-corrected chi connectivity index (χ2v) is 1.27. The van der Waals surface area contributed by atoms with E-state index in [1.54, 1.807) is 0 Å². The minimum atomic E-state index is -0.938. The van der Waals surface area contributed by atoms with Gasteiger partial charge < -0.3 is 0 Å². The topological polar surface area (TPSA) is 49.3 Å². The average Bonchev–Trinajstić information content (AvgIpc) is 1.38. The molecule has 0 spiro atoms. The molecular weight excluding hydrogens is 180 g/mol. The predicted molar refractivity (Wildman–Crippen MR) is 19.7 cm³/mol. The molecule has 0 saturated heterocycles. The van der Waals surface area contributed by atoms with E-state index < -0.39 is 6.09 Å². The van der Waals surface area contributed by atoms with Crippen LogP contribution in [-0.4, -0.2) is 34.5 Å². The van der Waals surface area contributed by atoms with Crippen molar-refractivity contribution in [3.63, 3.8) is 0 Å². The minimum absolute atomic E-state index is 0.577. The molecule has 2 N–H and O–H groups in total. The maximum atomic E-state index is 9.29. The van der Waals surface area contributed by atoms with Gasteiger partial charge in [0.05, 0.1) is 0 Å². The van der Waals surface area contributed by atoms with Gasteiger partial charge in [0.1, 0.15) is 0 Å². The third kappa shape index (κ3) is 4.09. The molecule has 4 heteroatoms. The van der Waals surface area contributed by atoms with Crippen LogP contribution < -0.4 is 3.48 Å². The van der Waals surface area contributed by atoms with Crippen LogP contribution in [-0.2, 0) is 0 Å². The van der Waals surface area contributed by atoms with E-state index in [0.29, 0.717) is 23.3 Å². The van der Waals surface area contributed by atoms with Gasteiger partial charge in [-0.2, -0.15) is 0 Å². The van der Waals surface area contributed by atoms with Crippen molar-refractivity contribution in [1.82, 2.24) is 3.48 Å². The van der Waals surface area contributed by atoms with Crippen LogP contribution in [0.25, 0.3) is 0 Å². The van der Waals surface area contributed by atoms with E-state index in [0.717, 1.165) is 0 Å². The molecule has 0 unspecified atom stereocenters. The number of amides is 1. The van der Waals surface area contributed by atoms with Gasteiger partial charge in [-0.25, -0.2) is 0 Å². The van der Waals surface area contributed by atoms with E-state index in [2.05, 4.69) is 3.48 Å². The van der Waals surface area contributed by atoms with Gasteiger partial charge in [-0.05, 0) is 0 Å². The summed E-state index contributed by atoms with van der Waals surface area (Å²) in [6.07, 6.45) is -0.938. The standard InChI is InChI=1S/CH2NO2.Sb.2H/c2-1(3)4;;;/h2H,(H,3,4);;;/q-1;+1;;. The molecular formula is CH4NO2Sb. The number of carboxylic acid groups (broad SMARTS) is 1. The molecule has 0 atom stereocenters. The van der Waals surface area contributed by atoms with Gasteiger partial charge in [0.2, 0.25) is 0 Å². The Morgan fingerprint density at radius 2 is 2.20 bits per heavy atom. The zero-order valence-corrected chi connectivity index (χ0v) is 5.73. The summed E-state index contributed by atoms with van der Waals surface area (Å²) in [5, 5.41) is 7.64. The second kappa shape index (κ2) is 2.33. The average molecular weight is 184 g/mol. The fourth-order valence-electron chi connectivity index (χ4n) is 0. The summed E-state index contributed by atoms with van der Waals surface area (Å²) >= 11 is 0.577. The Labute approximate surface area is 43.2 Å². The summed E-state index contributed by atoms with van der Waals surface area (Å²) in [5.74, 6) is 0. The number of hydrogen-bond donors (Lipinski definition) is 2. The van der Waals surface area contributed by atoms with Crippen molar-refractivity contribution in [3.05, 3.63) is 0 Å². The van der Waals surface area contributed by atoms with Crippen LogP contribution >= 0.6 is 0 Å². The Morgan fingerprint density at radius 3 is 2.20 bits per heavy atom. The van der Waals surface area contributed by atoms with Crippen molar-refractivity contribution in [1.29, 1.82) is 0 Å². The van der Waals surface area contributed by atoms with Gasteiger partial charge in [0, 0.05) is 0 Å². The first-order chi connectivity index (χ1) is 2.27. The van der Waals surface area contributed by atoms with Crippen molar-refractivity contribution < 1.29 is 9.90 Å². The summed E-state index contributed by atoms with van der Waals surface area (Å²) in [4.78, 5) is 9.29. The van der Waals surface area contributed by atoms with Gasteiger partial charge in [-0.15, -0.1) is 0 Å². The molecule has 0 bridgehead atoms. The molecule has 0 saturated carbocycles. The molecule has 0 aliphatic carbocycles. The Bertz CT molecular complexity index is 44.9. The molecule has 0 heterocycles. The molecule has 0 fully saturated rings. The number of nitrogens with one attached hydrogen (secondary N) is 1. The molecule has 0 rings (SSSR count). The van der Waals surface area contributed by atoms with E-state index in [9.17, 15) is 4.79 Å². The van der Waals surface area contributed by atoms with Gasteiger partial charge >= 0.3 is 42.8 Å². The Kier molecular flexibility index (Phi) is 2.37. The molecule has 5 heavy (non-hydrogen) atoms. The molecule has 0 aromatic rings. The van der Waals surface area contributed by atoms with Crippen molar-refractivity contribution in [3.8, 4) is 0 Å². The van der Waals surface area contributed by atoms with Crippen molar-refractivity contribution in [2.75, 3.05) is 0 Å². The molecule has 1 amide bonds. The Morgan fingerprint density at radius 1 is 2.00 bits per heavy atom. The normalized spacial score (nSPS) is 6.60. The molecule has 30 valence electrons. The van der Waals surface area contributed by atoms with Crippen LogP contribution in [0.4, 0.5) is 4.79 Å². The third-order valence-corrected chi connectivity index (χ3v) is 0.828. The fourth-order valence-corrected chi connectivity index (χ4v) is 0. The predicted octanol–water partition coefficient (Wildman–Crippen LogP) is -1.20. The van der Waals surface area contributed by atoms with Crippen LogP contribution in [0.2, 0.25) is 0 Å². The summed E-state index contributed by atoms with van der Waals surface area (Å²) in [6, 6.07) is 0. The zero-order valence-electron chi connectivity index (χ0n) is 2.43. The molecule has 0 aromatic carbocycles. The van der Waals surface area contributed by atoms with Crippen molar-refractivity contribution in [2.24, 2.45) is 0 Å². The first kappa shape index (κ1) is 5.09. The first-order valence-corrected chi connectivity index (χ1v) is 2.61. The van der Waals surface area contributed by atoms with Crippen LogP contribution in [0, 0.1) is 0 Å². The zero-order chi connectivity index (χ0) is 4.28. The quantitative estimate of drug-likeness (QED) is 0.464. The van der Waals surface area contributed by atoms with Crippen molar-refractivity contribution in [2.45, 2.75) is 0 Å². The van der Waals surface area contributed by atoms with Gasteiger partial charge in [-0.1, -0.05) is 0 Å². The summed E-state index contributed by atoms with van der Waals surface area (Å²) in [6.45, 7) is 0. The van der Waals surface area contributed by atoms with Crippen LogP contribution in [0.1, 0.15) is 0 Å². The Balaban J connectivity index is 2.85. The van der Waals surface area contributed by atoms with Gasteiger partial charge in [-0.3, -0.25) is 0 Å². The SMILES string of the molecule is O=C(O)[NH][SbH2]. The van der Waals surface area contributed by atoms with Crippen LogP contribution in [0.15, 0.2) is 0 Å². The molecule has 0 aliphatic rings. The van der Waals surface area contributed by atoms with E-state index in [-0.39, 0.29) is 0 Å². The number of rotatable bonds is 0. The fraction of sp³-hybridized carbons (Fsp3) is 0. The maximum absolute atomic E-state index is 9.29. The second-order valence-electron chi connectivity index (χ2n) is 0.449. The number of hydrogen-bond acceptors (Lipinski definition) is 1. The van der Waals surface area contributed by atoms with E-state index in [4.69, 9.17) is 5.11 Å². The third-order valence-electron chi connectivity index (χ3n) is 0.123. The van der Waals surface area contributed by atoms with Crippen LogP contribution in [0.5, 0.6) is 0 Å². The summed E-state index contributed by atoms with van der Waals surface area (Å²) in [7, 11) is 0. The van der Waals surface area contributed by atoms with Crippen LogP contribution in [0.3, 0.4) is 0 Å². The Hall–Kier alpha value is 0.0882.